The molecule has 1 amide bonds. The molecule has 1 rings (SSSR count). The number of hydrogen-bond donors (Lipinski definition) is 3. The lowest BCUT2D eigenvalue weighted by molar-refractivity contribution is -0.146. The molecule has 1 aliphatic heterocycles. The van der Waals surface area contributed by atoms with Crippen LogP contribution < -0.4 is 5.32 Å². The molecule has 0 aromatic carbocycles. The molecule has 0 aliphatic carbocycles. The lowest BCUT2D eigenvalue weighted by Gasteiger charge is -2.10. The maximum atomic E-state index is 11.3. The molecule has 0 spiro atoms. The zero-order valence-electron chi connectivity index (χ0n) is 7.60. The number of ether oxygens (including phenoxy) is 1. The van der Waals surface area contributed by atoms with E-state index in [1.54, 1.807) is 0 Å². The number of aliphatic hydroxyl groups excluding tert-OH is 1. The zero-order chi connectivity index (χ0) is 10.6. The Morgan fingerprint density at radius 1 is 1.57 bits per heavy atom. The number of aliphatic carboxylic acids is 1. The first-order valence-electron chi connectivity index (χ1n) is 4.37. The SMILES string of the molecule is O=C(NC[C@H](O)C(=O)O)C1CCOC1. The first kappa shape index (κ1) is 10.9. The minimum absolute atomic E-state index is 0.212. The van der Waals surface area contributed by atoms with Crippen LogP contribution in [-0.2, 0) is 14.3 Å². The Bertz CT molecular complexity index is 224. The van der Waals surface area contributed by atoms with Gasteiger partial charge in [-0.05, 0) is 6.42 Å². The Morgan fingerprint density at radius 3 is 2.79 bits per heavy atom. The molecule has 1 aliphatic rings. The smallest absolute Gasteiger partial charge is 0.334 e. The van der Waals surface area contributed by atoms with Gasteiger partial charge in [0.1, 0.15) is 0 Å². The number of carbonyl (C=O) groups is 2. The highest BCUT2D eigenvalue weighted by Crippen LogP contribution is 2.11. The van der Waals surface area contributed by atoms with Crippen LogP contribution in [0.15, 0.2) is 0 Å². The van der Waals surface area contributed by atoms with Gasteiger partial charge in [-0.3, -0.25) is 4.79 Å². The van der Waals surface area contributed by atoms with Gasteiger partial charge in [-0.1, -0.05) is 0 Å². The largest absolute Gasteiger partial charge is 0.479 e. The number of aliphatic hydroxyl groups is 1. The maximum Gasteiger partial charge on any atom is 0.334 e. The van der Waals surface area contributed by atoms with E-state index in [1.807, 2.05) is 0 Å². The first-order valence-corrected chi connectivity index (χ1v) is 4.37. The Balaban J connectivity index is 2.23. The van der Waals surface area contributed by atoms with E-state index in [0.717, 1.165) is 0 Å². The molecule has 0 aromatic heterocycles. The van der Waals surface area contributed by atoms with Crippen molar-refractivity contribution in [1.29, 1.82) is 0 Å². The molecule has 6 heteroatoms. The summed E-state index contributed by atoms with van der Waals surface area (Å²) in [5.41, 5.74) is 0. The number of carbonyl (C=O) groups excluding carboxylic acids is 1. The Morgan fingerprint density at radius 2 is 2.29 bits per heavy atom. The predicted molar refractivity (Wildman–Crippen MR) is 45.6 cm³/mol. The van der Waals surface area contributed by atoms with Crippen molar-refractivity contribution in [2.75, 3.05) is 19.8 Å². The molecule has 1 unspecified atom stereocenters. The molecule has 2 atom stereocenters. The van der Waals surface area contributed by atoms with Gasteiger partial charge in [-0.15, -0.1) is 0 Å². The highest BCUT2D eigenvalue weighted by Gasteiger charge is 2.24. The van der Waals surface area contributed by atoms with Gasteiger partial charge in [0, 0.05) is 6.61 Å². The summed E-state index contributed by atoms with van der Waals surface area (Å²) in [4.78, 5) is 21.5. The fraction of sp³-hybridized carbons (Fsp3) is 0.750. The average Bonchev–Trinajstić information content (AvgIpc) is 2.66. The number of rotatable bonds is 4. The number of nitrogens with one attached hydrogen (secondary N) is 1. The van der Waals surface area contributed by atoms with Crippen LogP contribution in [-0.4, -0.2) is 48.0 Å². The fourth-order valence-corrected chi connectivity index (χ4v) is 1.17. The van der Waals surface area contributed by atoms with Gasteiger partial charge in [-0.25, -0.2) is 4.79 Å². The lowest BCUT2D eigenvalue weighted by atomic mass is 10.1. The van der Waals surface area contributed by atoms with Crippen molar-refractivity contribution >= 4 is 11.9 Å². The summed E-state index contributed by atoms with van der Waals surface area (Å²) in [6.45, 7) is 0.666. The van der Waals surface area contributed by atoms with Crippen LogP contribution in [0.3, 0.4) is 0 Å². The monoisotopic (exact) mass is 203 g/mol. The fourth-order valence-electron chi connectivity index (χ4n) is 1.17. The maximum absolute atomic E-state index is 11.3. The van der Waals surface area contributed by atoms with E-state index in [2.05, 4.69) is 5.32 Å². The van der Waals surface area contributed by atoms with E-state index in [1.165, 1.54) is 0 Å². The molecule has 1 heterocycles. The van der Waals surface area contributed by atoms with Gasteiger partial charge in [-0.2, -0.15) is 0 Å². The summed E-state index contributed by atoms with van der Waals surface area (Å²) < 4.78 is 4.99. The van der Waals surface area contributed by atoms with E-state index >= 15 is 0 Å². The quantitative estimate of drug-likeness (QED) is 0.521. The Hall–Kier alpha value is -1.14. The van der Waals surface area contributed by atoms with Crippen LogP contribution in [0.2, 0.25) is 0 Å². The third kappa shape index (κ3) is 2.97. The Labute approximate surface area is 80.9 Å². The molecule has 80 valence electrons. The molecule has 14 heavy (non-hydrogen) atoms. The van der Waals surface area contributed by atoms with E-state index in [0.29, 0.717) is 19.6 Å². The van der Waals surface area contributed by atoms with Crippen molar-refractivity contribution in [3.05, 3.63) is 0 Å². The van der Waals surface area contributed by atoms with Crippen molar-refractivity contribution in [3.63, 3.8) is 0 Å². The highest BCUT2D eigenvalue weighted by molar-refractivity contribution is 5.80. The number of carboxylic acid groups (broad SMARTS) is 1. The van der Waals surface area contributed by atoms with Crippen molar-refractivity contribution in [1.82, 2.24) is 5.32 Å². The van der Waals surface area contributed by atoms with E-state index in [4.69, 9.17) is 14.9 Å². The van der Waals surface area contributed by atoms with Crippen LogP contribution >= 0.6 is 0 Å². The second-order valence-electron chi connectivity index (χ2n) is 3.16. The number of carboxylic acids is 1. The van der Waals surface area contributed by atoms with Gasteiger partial charge in [0.05, 0.1) is 19.1 Å². The highest BCUT2D eigenvalue weighted by atomic mass is 16.5. The molecule has 3 N–H and O–H groups in total. The predicted octanol–water partition coefficient (Wildman–Crippen LogP) is -1.42. The molecule has 0 bridgehead atoms. The molecule has 0 radical (unpaired) electrons. The molecular formula is C8H13NO5. The second kappa shape index (κ2) is 4.92. The van der Waals surface area contributed by atoms with Crippen LogP contribution in [0.5, 0.6) is 0 Å². The molecule has 1 fully saturated rings. The first-order chi connectivity index (χ1) is 6.61. The van der Waals surface area contributed by atoms with Crippen molar-refractivity contribution in [2.24, 2.45) is 5.92 Å². The Kier molecular flexibility index (Phi) is 3.84. The van der Waals surface area contributed by atoms with E-state index in [9.17, 15) is 9.59 Å². The zero-order valence-corrected chi connectivity index (χ0v) is 7.60. The van der Waals surface area contributed by atoms with Crippen molar-refractivity contribution in [2.45, 2.75) is 12.5 Å². The minimum atomic E-state index is -1.54. The lowest BCUT2D eigenvalue weighted by Crippen LogP contribution is -2.39. The van der Waals surface area contributed by atoms with Crippen LogP contribution in [0.1, 0.15) is 6.42 Å². The molecule has 0 saturated carbocycles. The standard InChI is InChI=1S/C8H13NO5/c10-6(8(12)13)3-9-7(11)5-1-2-14-4-5/h5-6,10H,1-4H2,(H,9,11)(H,12,13)/t5?,6-/m0/s1. The number of amides is 1. The van der Waals surface area contributed by atoms with Crippen molar-refractivity contribution < 1.29 is 24.5 Å². The topological polar surface area (TPSA) is 95.9 Å². The minimum Gasteiger partial charge on any atom is -0.479 e. The summed E-state index contributed by atoms with van der Waals surface area (Å²) >= 11 is 0. The summed E-state index contributed by atoms with van der Waals surface area (Å²) in [5, 5.41) is 19.6. The van der Waals surface area contributed by atoms with E-state index in [-0.39, 0.29) is 18.4 Å². The van der Waals surface area contributed by atoms with Crippen LogP contribution in [0.25, 0.3) is 0 Å². The summed E-state index contributed by atoms with van der Waals surface area (Å²) in [7, 11) is 0. The van der Waals surface area contributed by atoms with Gasteiger partial charge < -0.3 is 20.3 Å². The summed E-state index contributed by atoms with van der Waals surface area (Å²) in [6, 6.07) is 0. The third-order valence-corrected chi connectivity index (χ3v) is 2.06. The average molecular weight is 203 g/mol. The molecule has 1 saturated heterocycles. The normalized spacial score (nSPS) is 23.1. The van der Waals surface area contributed by atoms with Gasteiger partial charge in [0.2, 0.25) is 5.91 Å². The second-order valence-corrected chi connectivity index (χ2v) is 3.16. The van der Waals surface area contributed by atoms with E-state index < -0.39 is 12.1 Å². The van der Waals surface area contributed by atoms with Gasteiger partial charge in [0.25, 0.3) is 0 Å². The van der Waals surface area contributed by atoms with Gasteiger partial charge in [0.15, 0.2) is 6.10 Å². The van der Waals surface area contributed by atoms with Crippen molar-refractivity contribution in [3.8, 4) is 0 Å². The third-order valence-electron chi connectivity index (χ3n) is 2.06. The summed E-state index contributed by atoms with van der Waals surface area (Å²) in [5.74, 6) is -1.81. The van der Waals surface area contributed by atoms with Gasteiger partial charge >= 0.3 is 5.97 Å². The molecular weight excluding hydrogens is 190 g/mol. The molecule has 0 aromatic rings. The van der Waals surface area contributed by atoms with Crippen LogP contribution in [0, 0.1) is 5.92 Å². The number of hydrogen-bond acceptors (Lipinski definition) is 4. The molecule has 6 nitrogen and oxygen atoms in total. The summed E-state index contributed by atoms with van der Waals surface area (Å²) in [6.07, 6.45) is -0.893. The van der Waals surface area contributed by atoms with Crippen LogP contribution in [0.4, 0.5) is 0 Å².